The number of rotatable bonds is 4. The number of H-pyrrole nitrogens is 1. The fourth-order valence-corrected chi connectivity index (χ4v) is 3.22. The summed E-state index contributed by atoms with van der Waals surface area (Å²) in [6, 6.07) is 4.54. The van der Waals surface area contributed by atoms with Crippen molar-refractivity contribution in [3.63, 3.8) is 0 Å². The molecule has 0 amide bonds. The van der Waals surface area contributed by atoms with Gasteiger partial charge in [0.2, 0.25) is 0 Å². The lowest BCUT2D eigenvalue weighted by atomic mass is 10.1. The molecule has 2 aliphatic carbocycles. The fourth-order valence-electron chi connectivity index (χ4n) is 2.96. The van der Waals surface area contributed by atoms with E-state index in [4.69, 9.17) is 12.2 Å². The fraction of sp³-hybridized carbons (Fsp3) is 0.500. The lowest BCUT2D eigenvalue weighted by Crippen LogP contribution is -2.15. The number of hydrogen-bond donors (Lipinski definition) is 1. The standard InChI is InChI=1S/C14H16N4S/c19-14-17-16-13(11-2-1-7-15-8-11)18(14)12(9-3-4-9)10-5-6-10/h1-2,7-10,12H,3-6H2,(H,17,19). The molecule has 5 heteroatoms. The second-order valence-electron chi connectivity index (χ2n) is 5.63. The van der Waals surface area contributed by atoms with Gasteiger partial charge in [-0.25, -0.2) is 0 Å². The van der Waals surface area contributed by atoms with Crippen molar-refractivity contribution < 1.29 is 0 Å². The maximum Gasteiger partial charge on any atom is 0.195 e. The van der Waals surface area contributed by atoms with E-state index in [-0.39, 0.29) is 0 Å². The van der Waals surface area contributed by atoms with E-state index >= 15 is 0 Å². The van der Waals surface area contributed by atoms with Gasteiger partial charge in [0, 0.05) is 24.0 Å². The Labute approximate surface area is 116 Å². The lowest BCUT2D eigenvalue weighted by molar-refractivity contribution is 0.393. The van der Waals surface area contributed by atoms with E-state index in [1.54, 1.807) is 6.20 Å². The Morgan fingerprint density at radius 3 is 2.58 bits per heavy atom. The van der Waals surface area contributed by atoms with Crippen molar-refractivity contribution in [3.8, 4) is 11.4 Å². The van der Waals surface area contributed by atoms with Gasteiger partial charge in [0.25, 0.3) is 0 Å². The quantitative estimate of drug-likeness (QED) is 0.868. The van der Waals surface area contributed by atoms with E-state index in [2.05, 4.69) is 19.7 Å². The maximum atomic E-state index is 5.47. The van der Waals surface area contributed by atoms with E-state index in [1.165, 1.54) is 25.7 Å². The van der Waals surface area contributed by atoms with Crippen LogP contribution in [0.3, 0.4) is 0 Å². The minimum absolute atomic E-state index is 0.543. The molecule has 0 unspecified atom stereocenters. The zero-order chi connectivity index (χ0) is 12.8. The molecule has 4 rings (SSSR count). The van der Waals surface area contributed by atoms with Crippen LogP contribution in [0.1, 0.15) is 31.7 Å². The topological polar surface area (TPSA) is 46.5 Å². The summed E-state index contributed by atoms with van der Waals surface area (Å²) in [6.45, 7) is 0. The molecule has 2 aliphatic rings. The second kappa shape index (κ2) is 4.27. The van der Waals surface area contributed by atoms with Gasteiger partial charge in [-0.05, 0) is 61.9 Å². The van der Waals surface area contributed by atoms with E-state index in [9.17, 15) is 0 Å². The first-order valence-corrected chi connectivity index (χ1v) is 7.33. The predicted octanol–water partition coefficient (Wildman–Crippen LogP) is 3.36. The molecular formula is C14H16N4S. The van der Waals surface area contributed by atoms with Gasteiger partial charge in [0.15, 0.2) is 10.6 Å². The van der Waals surface area contributed by atoms with Gasteiger partial charge >= 0.3 is 0 Å². The van der Waals surface area contributed by atoms with Crippen LogP contribution in [0.25, 0.3) is 11.4 Å². The Bertz CT molecular complexity index is 625. The summed E-state index contributed by atoms with van der Waals surface area (Å²) in [6.07, 6.45) is 8.98. The number of nitrogens with one attached hydrogen (secondary N) is 1. The van der Waals surface area contributed by atoms with Crippen molar-refractivity contribution in [3.05, 3.63) is 29.3 Å². The van der Waals surface area contributed by atoms with Crippen LogP contribution in [0.2, 0.25) is 0 Å². The first kappa shape index (κ1) is 11.3. The van der Waals surface area contributed by atoms with Crippen LogP contribution >= 0.6 is 12.2 Å². The average Bonchev–Trinajstić information content (AvgIpc) is 3.33. The molecule has 0 aromatic carbocycles. The zero-order valence-electron chi connectivity index (χ0n) is 10.6. The summed E-state index contributed by atoms with van der Waals surface area (Å²) >= 11 is 5.47. The molecule has 0 radical (unpaired) electrons. The van der Waals surface area contributed by atoms with Crippen LogP contribution in [-0.2, 0) is 0 Å². The second-order valence-corrected chi connectivity index (χ2v) is 6.02. The Morgan fingerprint density at radius 1 is 1.26 bits per heavy atom. The molecule has 2 saturated carbocycles. The molecule has 19 heavy (non-hydrogen) atoms. The number of aromatic nitrogens is 4. The number of pyridine rings is 1. The summed E-state index contributed by atoms with van der Waals surface area (Å²) < 4.78 is 3.00. The third-order valence-electron chi connectivity index (χ3n) is 4.13. The normalized spacial score (nSPS) is 19.0. The predicted molar refractivity (Wildman–Crippen MR) is 75.1 cm³/mol. The molecular weight excluding hydrogens is 256 g/mol. The van der Waals surface area contributed by atoms with Crippen LogP contribution in [0.4, 0.5) is 0 Å². The largest absolute Gasteiger partial charge is 0.296 e. The van der Waals surface area contributed by atoms with Gasteiger partial charge in [-0.3, -0.25) is 14.6 Å². The van der Waals surface area contributed by atoms with Crippen molar-refractivity contribution in [2.24, 2.45) is 11.8 Å². The van der Waals surface area contributed by atoms with Gasteiger partial charge in [0.05, 0.1) is 0 Å². The Morgan fingerprint density at radius 2 is 2.00 bits per heavy atom. The van der Waals surface area contributed by atoms with Crippen LogP contribution in [-0.4, -0.2) is 19.7 Å². The highest BCUT2D eigenvalue weighted by molar-refractivity contribution is 7.71. The summed E-state index contributed by atoms with van der Waals surface area (Å²) in [7, 11) is 0. The highest BCUT2D eigenvalue weighted by Gasteiger charge is 2.43. The third kappa shape index (κ3) is 2.02. The molecule has 2 aromatic rings. The minimum Gasteiger partial charge on any atom is -0.296 e. The molecule has 2 heterocycles. The third-order valence-corrected chi connectivity index (χ3v) is 4.42. The van der Waals surface area contributed by atoms with Gasteiger partial charge in [-0.15, -0.1) is 0 Å². The van der Waals surface area contributed by atoms with Crippen molar-refractivity contribution in [1.82, 2.24) is 19.7 Å². The van der Waals surface area contributed by atoms with Gasteiger partial charge in [0.1, 0.15) is 0 Å². The van der Waals surface area contributed by atoms with Crippen LogP contribution in [0.15, 0.2) is 24.5 Å². The molecule has 0 bridgehead atoms. The monoisotopic (exact) mass is 272 g/mol. The zero-order valence-corrected chi connectivity index (χ0v) is 11.4. The maximum absolute atomic E-state index is 5.47. The Hall–Kier alpha value is -1.49. The van der Waals surface area contributed by atoms with Crippen LogP contribution in [0, 0.1) is 16.6 Å². The molecule has 98 valence electrons. The Balaban J connectivity index is 1.82. The lowest BCUT2D eigenvalue weighted by Gasteiger charge is -2.19. The van der Waals surface area contributed by atoms with Gasteiger partial charge < -0.3 is 0 Å². The van der Waals surface area contributed by atoms with E-state index in [0.29, 0.717) is 6.04 Å². The molecule has 0 aliphatic heterocycles. The molecule has 2 fully saturated rings. The molecule has 0 spiro atoms. The van der Waals surface area contributed by atoms with Crippen LogP contribution < -0.4 is 0 Å². The molecule has 0 atom stereocenters. The number of hydrogen-bond acceptors (Lipinski definition) is 3. The minimum atomic E-state index is 0.543. The first-order valence-electron chi connectivity index (χ1n) is 6.92. The molecule has 1 N–H and O–H groups in total. The highest BCUT2D eigenvalue weighted by atomic mass is 32.1. The number of aromatic amines is 1. The first-order chi connectivity index (χ1) is 9.34. The van der Waals surface area contributed by atoms with Gasteiger partial charge in [-0.1, -0.05) is 0 Å². The summed E-state index contributed by atoms with van der Waals surface area (Å²) in [4.78, 5) is 4.19. The van der Waals surface area contributed by atoms with Crippen molar-refractivity contribution >= 4 is 12.2 Å². The van der Waals surface area contributed by atoms with Crippen molar-refractivity contribution in [1.29, 1.82) is 0 Å². The molecule has 0 saturated heterocycles. The summed E-state index contributed by atoms with van der Waals surface area (Å²) in [5.41, 5.74) is 1.04. The highest BCUT2D eigenvalue weighted by Crippen LogP contribution is 2.52. The van der Waals surface area contributed by atoms with Gasteiger partial charge in [-0.2, -0.15) is 5.10 Å². The average molecular weight is 272 g/mol. The Kier molecular flexibility index (Phi) is 2.55. The van der Waals surface area contributed by atoms with E-state index in [1.807, 2.05) is 18.3 Å². The van der Waals surface area contributed by atoms with E-state index < -0.39 is 0 Å². The van der Waals surface area contributed by atoms with Crippen molar-refractivity contribution in [2.75, 3.05) is 0 Å². The molecule has 4 nitrogen and oxygen atoms in total. The SMILES string of the molecule is S=c1[nH]nc(-c2cccnc2)n1C(C1CC1)C1CC1. The van der Waals surface area contributed by atoms with Crippen molar-refractivity contribution in [2.45, 2.75) is 31.7 Å². The number of nitrogens with zero attached hydrogens (tertiary/aromatic N) is 3. The summed E-state index contributed by atoms with van der Waals surface area (Å²) in [5.74, 6) is 2.54. The molecule has 2 aromatic heterocycles. The van der Waals surface area contributed by atoms with Crippen LogP contribution in [0.5, 0.6) is 0 Å². The smallest absolute Gasteiger partial charge is 0.195 e. The summed E-state index contributed by atoms with van der Waals surface area (Å²) in [5, 5.41) is 7.40. The van der Waals surface area contributed by atoms with E-state index in [0.717, 1.165) is 28.0 Å².